The highest BCUT2D eigenvalue weighted by Crippen LogP contribution is 2.24. The summed E-state index contributed by atoms with van der Waals surface area (Å²) in [5, 5.41) is 11.7. The lowest BCUT2D eigenvalue weighted by atomic mass is 10.1. The molecule has 0 aliphatic carbocycles. The number of nitrogens with zero attached hydrogens (tertiary/aromatic N) is 3. The average molecular weight is 372 g/mol. The van der Waals surface area contributed by atoms with Gasteiger partial charge in [0.1, 0.15) is 0 Å². The van der Waals surface area contributed by atoms with E-state index in [9.17, 15) is 4.79 Å². The quantitative estimate of drug-likeness (QED) is 0.584. The molecule has 0 spiro atoms. The summed E-state index contributed by atoms with van der Waals surface area (Å²) < 4.78 is 2.04. The zero-order chi connectivity index (χ0) is 18.8. The zero-order valence-electron chi connectivity index (χ0n) is 14.6. The number of hydrogen-bond acceptors (Lipinski definition) is 4. The molecule has 0 aliphatic rings. The van der Waals surface area contributed by atoms with E-state index in [0.29, 0.717) is 17.7 Å². The van der Waals surface area contributed by atoms with E-state index in [-0.39, 0.29) is 5.91 Å². The molecule has 132 valence electrons. The largest absolute Gasteiger partial charge is 0.348 e. The Morgan fingerprint density at radius 2 is 2.04 bits per heavy atom. The lowest BCUT2D eigenvalue weighted by Crippen LogP contribution is -2.22. The fraction of sp³-hybridized carbons (Fsp3) is 0.0952. The van der Waals surface area contributed by atoms with Crippen LogP contribution in [0.15, 0.2) is 60.9 Å². The molecule has 0 fully saturated rings. The first kappa shape index (κ1) is 17.0. The Morgan fingerprint density at radius 1 is 1.22 bits per heavy atom. The molecule has 6 heteroatoms. The van der Waals surface area contributed by atoms with E-state index in [4.69, 9.17) is 5.26 Å². The van der Waals surface area contributed by atoms with Crippen molar-refractivity contribution in [2.75, 3.05) is 0 Å². The summed E-state index contributed by atoms with van der Waals surface area (Å²) in [6, 6.07) is 16.6. The third kappa shape index (κ3) is 3.59. The Balaban J connectivity index is 1.48. The highest BCUT2D eigenvalue weighted by Gasteiger charge is 2.09. The molecule has 5 nitrogen and oxygen atoms in total. The second-order valence-electron chi connectivity index (χ2n) is 6.23. The predicted octanol–water partition coefficient (Wildman–Crippen LogP) is 4.17. The standard InChI is InChI=1S/C21H16N4OS/c1-14-12-25-13-19(24-21(25)27-14)18-4-2-3-16(9-18)11-23-20(26)17-7-5-15(10-22)6-8-17/h2-9,12-13H,11H2,1H3,(H,23,26). The van der Waals surface area contributed by atoms with Crippen LogP contribution in [-0.4, -0.2) is 15.3 Å². The van der Waals surface area contributed by atoms with Crippen LogP contribution in [-0.2, 0) is 6.54 Å². The summed E-state index contributed by atoms with van der Waals surface area (Å²) in [4.78, 5) is 19.2. The number of aromatic nitrogens is 2. The number of carbonyl (C=O) groups is 1. The van der Waals surface area contributed by atoms with Crippen molar-refractivity contribution in [2.45, 2.75) is 13.5 Å². The fourth-order valence-electron chi connectivity index (χ4n) is 2.87. The summed E-state index contributed by atoms with van der Waals surface area (Å²) >= 11 is 1.66. The molecular weight excluding hydrogens is 356 g/mol. The van der Waals surface area contributed by atoms with Gasteiger partial charge in [-0.2, -0.15) is 5.26 Å². The number of nitriles is 1. The summed E-state index contributed by atoms with van der Waals surface area (Å²) in [5.74, 6) is -0.164. The fourth-order valence-corrected chi connectivity index (χ4v) is 3.68. The lowest BCUT2D eigenvalue weighted by Gasteiger charge is -2.07. The van der Waals surface area contributed by atoms with Crippen LogP contribution in [0.4, 0.5) is 0 Å². The van der Waals surface area contributed by atoms with Crippen LogP contribution in [0.5, 0.6) is 0 Å². The number of benzene rings is 2. The van der Waals surface area contributed by atoms with Crippen LogP contribution >= 0.6 is 11.3 Å². The highest BCUT2D eigenvalue weighted by molar-refractivity contribution is 7.17. The third-order valence-corrected chi connectivity index (χ3v) is 5.14. The normalized spacial score (nSPS) is 10.7. The maximum absolute atomic E-state index is 12.3. The van der Waals surface area contributed by atoms with Crippen molar-refractivity contribution in [3.63, 3.8) is 0 Å². The zero-order valence-corrected chi connectivity index (χ0v) is 15.5. The van der Waals surface area contributed by atoms with Crippen molar-refractivity contribution in [1.29, 1.82) is 5.26 Å². The first-order chi connectivity index (χ1) is 13.1. The van der Waals surface area contributed by atoms with Crippen LogP contribution in [0, 0.1) is 18.3 Å². The van der Waals surface area contributed by atoms with Crippen LogP contribution in [0.1, 0.15) is 26.4 Å². The van der Waals surface area contributed by atoms with Crippen molar-refractivity contribution in [3.8, 4) is 17.3 Å². The molecule has 0 radical (unpaired) electrons. The number of aryl methyl sites for hydroxylation is 1. The molecule has 1 amide bonds. The van der Waals surface area contributed by atoms with Gasteiger partial charge in [-0.1, -0.05) is 18.2 Å². The minimum absolute atomic E-state index is 0.164. The van der Waals surface area contributed by atoms with Gasteiger partial charge < -0.3 is 5.32 Å². The molecule has 2 heterocycles. The minimum Gasteiger partial charge on any atom is -0.348 e. The van der Waals surface area contributed by atoms with Gasteiger partial charge in [-0.05, 0) is 42.8 Å². The molecule has 1 N–H and O–H groups in total. The SMILES string of the molecule is Cc1cn2cc(-c3cccc(CNC(=O)c4ccc(C#N)cc4)c3)nc2s1. The van der Waals surface area contributed by atoms with Crippen molar-refractivity contribution in [2.24, 2.45) is 0 Å². The maximum Gasteiger partial charge on any atom is 0.251 e. The number of thiazole rings is 1. The van der Waals surface area contributed by atoms with Crippen LogP contribution in [0.2, 0.25) is 0 Å². The molecule has 0 bridgehead atoms. The van der Waals surface area contributed by atoms with Crippen LogP contribution in [0.25, 0.3) is 16.2 Å². The molecule has 2 aromatic carbocycles. The molecule has 0 saturated carbocycles. The maximum atomic E-state index is 12.3. The van der Waals surface area contributed by atoms with Gasteiger partial charge in [0.2, 0.25) is 0 Å². The van der Waals surface area contributed by atoms with Gasteiger partial charge in [-0.15, -0.1) is 11.3 Å². The van der Waals surface area contributed by atoms with Gasteiger partial charge in [-0.3, -0.25) is 9.20 Å². The van der Waals surface area contributed by atoms with Gasteiger partial charge in [0.15, 0.2) is 4.96 Å². The molecular formula is C21H16N4OS. The number of nitrogens with one attached hydrogen (secondary N) is 1. The number of hydrogen-bond donors (Lipinski definition) is 1. The summed E-state index contributed by atoms with van der Waals surface area (Å²) in [6.45, 7) is 2.49. The highest BCUT2D eigenvalue weighted by atomic mass is 32.1. The Morgan fingerprint density at radius 3 is 2.78 bits per heavy atom. The summed E-state index contributed by atoms with van der Waals surface area (Å²) in [5.41, 5.74) is 4.02. The Hall–Kier alpha value is -3.43. The number of amides is 1. The number of imidazole rings is 1. The summed E-state index contributed by atoms with van der Waals surface area (Å²) in [7, 11) is 0. The Kier molecular flexibility index (Phi) is 4.45. The first-order valence-corrected chi connectivity index (χ1v) is 9.27. The van der Waals surface area contributed by atoms with E-state index in [2.05, 4.69) is 23.4 Å². The number of fused-ring (bicyclic) bond motifs is 1. The molecule has 0 saturated heterocycles. The second-order valence-corrected chi connectivity index (χ2v) is 7.44. The third-order valence-electron chi connectivity index (χ3n) is 4.22. The summed E-state index contributed by atoms with van der Waals surface area (Å²) in [6.07, 6.45) is 4.09. The van der Waals surface area contributed by atoms with E-state index >= 15 is 0 Å². The van der Waals surface area contributed by atoms with E-state index in [0.717, 1.165) is 21.8 Å². The molecule has 4 rings (SSSR count). The van der Waals surface area contributed by atoms with Gasteiger partial charge in [0.25, 0.3) is 5.91 Å². The number of carbonyl (C=O) groups excluding carboxylic acids is 1. The van der Waals surface area contributed by atoms with E-state index in [1.807, 2.05) is 40.9 Å². The Bertz CT molecular complexity index is 1130. The van der Waals surface area contributed by atoms with E-state index < -0.39 is 0 Å². The first-order valence-electron chi connectivity index (χ1n) is 8.45. The van der Waals surface area contributed by atoms with Crippen molar-refractivity contribution >= 4 is 22.2 Å². The van der Waals surface area contributed by atoms with E-state index in [1.165, 1.54) is 4.88 Å². The average Bonchev–Trinajstić information content (AvgIpc) is 3.24. The van der Waals surface area contributed by atoms with Crippen LogP contribution in [0.3, 0.4) is 0 Å². The monoisotopic (exact) mass is 372 g/mol. The second kappa shape index (κ2) is 7.06. The lowest BCUT2D eigenvalue weighted by molar-refractivity contribution is 0.0951. The van der Waals surface area contributed by atoms with Crippen molar-refractivity contribution in [3.05, 3.63) is 82.5 Å². The van der Waals surface area contributed by atoms with Crippen molar-refractivity contribution in [1.82, 2.24) is 14.7 Å². The molecule has 2 aromatic heterocycles. The topological polar surface area (TPSA) is 70.2 Å². The van der Waals surface area contributed by atoms with Gasteiger partial charge in [0.05, 0.1) is 17.3 Å². The van der Waals surface area contributed by atoms with Gasteiger partial charge in [-0.25, -0.2) is 4.98 Å². The Labute approximate surface area is 160 Å². The van der Waals surface area contributed by atoms with Gasteiger partial charge in [0, 0.05) is 34.9 Å². The van der Waals surface area contributed by atoms with Crippen molar-refractivity contribution < 1.29 is 4.79 Å². The molecule has 4 aromatic rings. The molecule has 27 heavy (non-hydrogen) atoms. The molecule has 0 aliphatic heterocycles. The van der Waals surface area contributed by atoms with E-state index in [1.54, 1.807) is 35.6 Å². The predicted molar refractivity (Wildman–Crippen MR) is 106 cm³/mol. The molecule has 0 unspecified atom stereocenters. The van der Waals surface area contributed by atoms with Crippen LogP contribution < -0.4 is 5.32 Å². The smallest absolute Gasteiger partial charge is 0.251 e. The van der Waals surface area contributed by atoms with Gasteiger partial charge >= 0.3 is 0 Å². The number of rotatable bonds is 4. The molecule has 0 atom stereocenters. The minimum atomic E-state index is -0.164.